The molecule has 0 radical (unpaired) electrons. The third-order valence-electron chi connectivity index (χ3n) is 3.81. The zero-order chi connectivity index (χ0) is 15.9. The standard InChI is InChI=1S/C18H26N2O2/c1-4-22-18(21)7-5-6-14-8-9-17-16(12-14)15(13-19-17)10-11-20(2)3/h8-9,12-13,19H,4-7,10-11H2,1-3H3. The Kier molecular flexibility index (Phi) is 6.01. The highest BCUT2D eigenvalue weighted by atomic mass is 16.5. The predicted molar refractivity (Wildman–Crippen MR) is 90.1 cm³/mol. The van der Waals surface area contributed by atoms with Crippen molar-refractivity contribution in [3.63, 3.8) is 0 Å². The zero-order valence-electron chi connectivity index (χ0n) is 13.8. The molecular weight excluding hydrogens is 276 g/mol. The number of aromatic nitrogens is 1. The smallest absolute Gasteiger partial charge is 0.305 e. The number of H-pyrrole nitrogens is 1. The number of rotatable bonds is 8. The summed E-state index contributed by atoms with van der Waals surface area (Å²) in [5.41, 5.74) is 3.82. The molecule has 0 amide bonds. The second-order valence-electron chi connectivity index (χ2n) is 5.91. The lowest BCUT2D eigenvalue weighted by atomic mass is 10.0. The normalized spacial score (nSPS) is 11.3. The summed E-state index contributed by atoms with van der Waals surface area (Å²) in [7, 11) is 4.19. The number of ether oxygens (including phenoxy) is 1. The maximum atomic E-state index is 11.4. The summed E-state index contributed by atoms with van der Waals surface area (Å²) in [4.78, 5) is 16.9. The van der Waals surface area contributed by atoms with Crippen molar-refractivity contribution in [3.8, 4) is 0 Å². The molecule has 0 atom stereocenters. The van der Waals surface area contributed by atoms with Crippen molar-refractivity contribution in [3.05, 3.63) is 35.5 Å². The van der Waals surface area contributed by atoms with Gasteiger partial charge < -0.3 is 14.6 Å². The number of nitrogens with zero attached hydrogens (tertiary/aromatic N) is 1. The number of likely N-dealkylation sites (N-methyl/N-ethyl adjacent to an activating group) is 1. The molecule has 0 saturated heterocycles. The third kappa shape index (κ3) is 4.60. The zero-order valence-corrected chi connectivity index (χ0v) is 13.8. The lowest BCUT2D eigenvalue weighted by molar-refractivity contribution is -0.143. The van der Waals surface area contributed by atoms with Crippen LogP contribution in [0.5, 0.6) is 0 Å². The summed E-state index contributed by atoms with van der Waals surface area (Å²) < 4.78 is 4.96. The van der Waals surface area contributed by atoms with Crippen LogP contribution in [0.3, 0.4) is 0 Å². The van der Waals surface area contributed by atoms with E-state index in [4.69, 9.17) is 4.74 Å². The molecule has 1 N–H and O–H groups in total. The molecule has 1 aromatic carbocycles. The minimum Gasteiger partial charge on any atom is -0.466 e. The minimum absolute atomic E-state index is 0.100. The van der Waals surface area contributed by atoms with Crippen molar-refractivity contribution < 1.29 is 9.53 Å². The van der Waals surface area contributed by atoms with E-state index in [0.717, 1.165) is 25.8 Å². The largest absolute Gasteiger partial charge is 0.466 e. The number of hydrogen-bond donors (Lipinski definition) is 1. The number of aromatic amines is 1. The lowest BCUT2D eigenvalue weighted by Crippen LogP contribution is -2.14. The van der Waals surface area contributed by atoms with Gasteiger partial charge in [-0.3, -0.25) is 4.79 Å². The molecule has 0 bridgehead atoms. The minimum atomic E-state index is -0.100. The summed E-state index contributed by atoms with van der Waals surface area (Å²) >= 11 is 0. The van der Waals surface area contributed by atoms with Crippen LogP contribution < -0.4 is 0 Å². The maximum absolute atomic E-state index is 11.4. The first-order valence-corrected chi connectivity index (χ1v) is 7.99. The molecule has 0 aliphatic carbocycles. The fraction of sp³-hybridized carbons (Fsp3) is 0.500. The predicted octanol–water partition coefficient (Wildman–Crippen LogP) is 3.16. The Morgan fingerprint density at radius 1 is 1.27 bits per heavy atom. The van der Waals surface area contributed by atoms with Crippen molar-refractivity contribution in [1.29, 1.82) is 0 Å². The van der Waals surface area contributed by atoms with Crippen LogP contribution >= 0.6 is 0 Å². The van der Waals surface area contributed by atoms with Gasteiger partial charge in [0.2, 0.25) is 0 Å². The molecule has 1 heterocycles. The van der Waals surface area contributed by atoms with E-state index in [1.54, 1.807) is 0 Å². The van der Waals surface area contributed by atoms with E-state index in [9.17, 15) is 4.79 Å². The molecule has 4 nitrogen and oxygen atoms in total. The Hall–Kier alpha value is -1.81. The molecule has 120 valence electrons. The number of aryl methyl sites for hydroxylation is 1. The van der Waals surface area contributed by atoms with Crippen molar-refractivity contribution in [2.24, 2.45) is 0 Å². The first-order valence-electron chi connectivity index (χ1n) is 7.99. The molecule has 0 aliphatic rings. The van der Waals surface area contributed by atoms with E-state index in [1.165, 1.54) is 22.0 Å². The Morgan fingerprint density at radius 3 is 2.82 bits per heavy atom. The molecule has 0 fully saturated rings. The van der Waals surface area contributed by atoms with Crippen molar-refractivity contribution in [1.82, 2.24) is 9.88 Å². The molecule has 22 heavy (non-hydrogen) atoms. The van der Waals surface area contributed by atoms with Gasteiger partial charge in [-0.15, -0.1) is 0 Å². The van der Waals surface area contributed by atoms with Gasteiger partial charge in [0, 0.05) is 30.1 Å². The van der Waals surface area contributed by atoms with Crippen LogP contribution in [0.15, 0.2) is 24.4 Å². The van der Waals surface area contributed by atoms with Crippen LogP contribution in [0.1, 0.15) is 30.9 Å². The molecule has 0 aliphatic heterocycles. The first-order chi connectivity index (χ1) is 10.6. The fourth-order valence-electron chi connectivity index (χ4n) is 2.60. The van der Waals surface area contributed by atoms with Crippen molar-refractivity contribution in [2.75, 3.05) is 27.2 Å². The Morgan fingerprint density at radius 2 is 2.09 bits per heavy atom. The summed E-state index contributed by atoms with van der Waals surface area (Å²) in [6.45, 7) is 3.34. The van der Waals surface area contributed by atoms with Gasteiger partial charge in [0.15, 0.2) is 0 Å². The highest BCUT2D eigenvalue weighted by Crippen LogP contribution is 2.21. The number of carbonyl (C=O) groups is 1. The van der Waals surface area contributed by atoms with Gasteiger partial charge in [-0.2, -0.15) is 0 Å². The highest BCUT2D eigenvalue weighted by Gasteiger charge is 2.06. The number of carbonyl (C=O) groups excluding carboxylic acids is 1. The molecule has 2 rings (SSSR count). The first kappa shape index (κ1) is 16.6. The molecular formula is C18H26N2O2. The number of nitrogens with one attached hydrogen (secondary N) is 1. The molecule has 2 aromatic rings. The third-order valence-corrected chi connectivity index (χ3v) is 3.81. The molecule has 0 saturated carbocycles. The van der Waals surface area contributed by atoms with Crippen LogP contribution in [0.25, 0.3) is 10.9 Å². The Balaban J connectivity index is 1.99. The van der Waals surface area contributed by atoms with E-state index in [1.807, 2.05) is 6.92 Å². The second kappa shape index (κ2) is 7.99. The number of benzene rings is 1. The number of fused-ring (bicyclic) bond motifs is 1. The summed E-state index contributed by atoms with van der Waals surface area (Å²) in [5, 5.41) is 1.30. The average molecular weight is 302 g/mol. The summed E-state index contributed by atoms with van der Waals surface area (Å²) in [6.07, 6.45) is 5.39. The highest BCUT2D eigenvalue weighted by molar-refractivity contribution is 5.84. The van der Waals surface area contributed by atoms with Crippen LogP contribution in [-0.2, 0) is 22.4 Å². The van der Waals surface area contributed by atoms with Crippen molar-refractivity contribution in [2.45, 2.75) is 32.6 Å². The topological polar surface area (TPSA) is 45.3 Å². The van der Waals surface area contributed by atoms with Crippen LogP contribution in [-0.4, -0.2) is 43.1 Å². The maximum Gasteiger partial charge on any atom is 0.305 e. The quantitative estimate of drug-likeness (QED) is 0.762. The summed E-state index contributed by atoms with van der Waals surface area (Å²) in [6, 6.07) is 6.52. The number of esters is 1. The van der Waals surface area contributed by atoms with Crippen LogP contribution in [0.2, 0.25) is 0 Å². The van der Waals surface area contributed by atoms with E-state index in [0.29, 0.717) is 13.0 Å². The van der Waals surface area contributed by atoms with Gasteiger partial charge in [-0.1, -0.05) is 6.07 Å². The van der Waals surface area contributed by atoms with Gasteiger partial charge in [-0.25, -0.2) is 0 Å². The molecule has 0 spiro atoms. The van der Waals surface area contributed by atoms with E-state index >= 15 is 0 Å². The van der Waals surface area contributed by atoms with Gasteiger partial charge in [0.25, 0.3) is 0 Å². The van der Waals surface area contributed by atoms with E-state index < -0.39 is 0 Å². The van der Waals surface area contributed by atoms with Crippen LogP contribution in [0, 0.1) is 0 Å². The van der Waals surface area contributed by atoms with Gasteiger partial charge in [0.05, 0.1) is 6.61 Å². The average Bonchev–Trinajstić information content (AvgIpc) is 2.88. The SMILES string of the molecule is CCOC(=O)CCCc1ccc2[nH]cc(CCN(C)C)c2c1. The lowest BCUT2D eigenvalue weighted by Gasteiger charge is -2.08. The molecule has 0 unspecified atom stereocenters. The number of hydrogen-bond acceptors (Lipinski definition) is 3. The fourth-order valence-corrected chi connectivity index (χ4v) is 2.60. The van der Waals surface area contributed by atoms with Gasteiger partial charge in [0.1, 0.15) is 0 Å². The van der Waals surface area contributed by atoms with Crippen molar-refractivity contribution >= 4 is 16.9 Å². The Labute approximate surface area is 132 Å². The van der Waals surface area contributed by atoms with Gasteiger partial charge in [-0.05, 0) is 63.5 Å². The van der Waals surface area contributed by atoms with Crippen LogP contribution in [0.4, 0.5) is 0 Å². The second-order valence-corrected chi connectivity index (χ2v) is 5.91. The monoisotopic (exact) mass is 302 g/mol. The molecule has 1 aromatic heterocycles. The molecule has 4 heteroatoms. The van der Waals surface area contributed by atoms with E-state index in [2.05, 4.69) is 48.4 Å². The van der Waals surface area contributed by atoms with Gasteiger partial charge >= 0.3 is 5.97 Å². The Bertz CT molecular complexity index is 617. The summed E-state index contributed by atoms with van der Waals surface area (Å²) in [5.74, 6) is -0.100. The van der Waals surface area contributed by atoms with E-state index in [-0.39, 0.29) is 5.97 Å².